The lowest BCUT2D eigenvalue weighted by atomic mass is 9.49. The van der Waals surface area contributed by atoms with Crippen molar-refractivity contribution < 1.29 is 5.11 Å². The quantitative estimate of drug-likeness (QED) is 0.567. The molecule has 0 aliphatic heterocycles. The Morgan fingerprint density at radius 2 is 2.14 bits per heavy atom. The van der Waals surface area contributed by atoms with Crippen molar-refractivity contribution in [3.05, 3.63) is 11.6 Å². The molecule has 3 rings (SSSR count). The second kappa shape index (κ2) is 6.47. The first-order valence-corrected chi connectivity index (χ1v) is 9.42. The van der Waals surface area contributed by atoms with Gasteiger partial charge in [-0.15, -0.1) is 0 Å². The summed E-state index contributed by atoms with van der Waals surface area (Å²) in [6.45, 7) is 5.32. The molecule has 22 heavy (non-hydrogen) atoms. The molecule has 0 aromatic carbocycles. The molecule has 0 bridgehead atoms. The molecule has 3 aliphatic rings. The van der Waals surface area contributed by atoms with Gasteiger partial charge in [-0.1, -0.05) is 31.9 Å². The Balaban J connectivity index is 1.83. The lowest BCUT2D eigenvalue weighted by molar-refractivity contribution is -0.0121. The van der Waals surface area contributed by atoms with E-state index < -0.39 is 0 Å². The molecule has 2 N–H and O–H groups in total. The minimum absolute atomic E-state index is 0.351. The average Bonchev–Trinajstić information content (AvgIpc) is 2.53. The van der Waals surface area contributed by atoms with Crippen LogP contribution in [0.4, 0.5) is 0 Å². The van der Waals surface area contributed by atoms with E-state index in [4.69, 9.17) is 5.41 Å². The maximum absolute atomic E-state index is 9.24. The first kappa shape index (κ1) is 16.2. The molecule has 124 valence electrons. The summed E-state index contributed by atoms with van der Waals surface area (Å²) in [5, 5.41) is 16.8. The van der Waals surface area contributed by atoms with Crippen LogP contribution in [0.3, 0.4) is 0 Å². The molecule has 2 saturated carbocycles. The molecule has 3 unspecified atom stereocenters. The van der Waals surface area contributed by atoms with Crippen molar-refractivity contribution >= 4 is 6.21 Å². The number of aliphatic hydroxyl groups excluding tert-OH is 1. The number of hydrogen-bond acceptors (Lipinski definition) is 2. The number of aliphatic hydroxyl groups is 1. The van der Waals surface area contributed by atoms with E-state index in [9.17, 15) is 5.11 Å². The monoisotopic (exact) mass is 303 g/mol. The summed E-state index contributed by atoms with van der Waals surface area (Å²) in [4.78, 5) is 0. The third-order valence-electron chi connectivity index (χ3n) is 7.35. The van der Waals surface area contributed by atoms with Crippen molar-refractivity contribution in [3.63, 3.8) is 0 Å². The van der Waals surface area contributed by atoms with Crippen molar-refractivity contribution in [1.29, 1.82) is 5.41 Å². The zero-order valence-corrected chi connectivity index (χ0v) is 14.4. The van der Waals surface area contributed by atoms with Crippen molar-refractivity contribution in [1.82, 2.24) is 0 Å². The van der Waals surface area contributed by atoms with Crippen LogP contribution in [0.2, 0.25) is 0 Å². The lowest BCUT2D eigenvalue weighted by Crippen LogP contribution is -2.47. The molecular formula is C20H33NO. The normalized spacial score (nSPS) is 44.7. The van der Waals surface area contributed by atoms with E-state index in [1.807, 2.05) is 0 Å². The van der Waals surface area contributed by atoms with E-state index in [0.717, 1.165) is 30.1 Å². The minimum atomic E-state index is 0.351. The molecule has 0 radical (unpaired) electrons. The zero-order valence-electron chi connectivity index (χ0n) is 14.4. The zero-order chi connectivity index (χ0) is 15.7. The second-order valence-electron chi connectivity index (χ2n) is 8.37. The first-order chi connectivity index (χ1) is 10.6. The number of rotatable bonds is 4. The topological polar surface area (TPSA) is 44.1 Å². The third-order valence-corrected chi connectivity index (χ3v) is 7.35. The Labute approximate surface area is 135 Å². The Morgan fingerprint density at radius 1 is 1.32 bits per heavy atom. The van der Waals surface area contributed by atoms with Crippen LogP contribution >= 0.6 is 0 Å². The SMILES string of the molecule is C[C@@H]1CCC2C(CCC3=C[C@@H](C=N)CC[C@@]32C)C1CCCO. The van der Waals surface area contributed by atoms with Crippen molar-refractivity contribution in [2.24, 2.45) is 35.0 Å². The van der Waals surface area contributed by atoms with Gasteiger partial charge < -0.3 is 10.5 Å². The van der Waals surface area contributed by atoms with Gasteiger partial charge in [0.25, 0.3) is 0 Å². The molecule has 6 atom stereocenters. The fourth-order valence-electron chi connectivity index (χ4n) is 6.03. The fourth-order valence-corrected chi connectivity index (χ4v) is 6.03. The fraction of sp³-hybridized carbons (Fsp3) is 0.850. The Bertz CT molecular complexity index is 443. The van der Waals surface area contributed by atoms with E-state index >= 15 is 0 Å². The summed E-state index contributed by atoms with van der Waals surface area (Å²) in [6, 6.07) is 0. The summed E-state index contributed by atoms with van der Waals surface area (Å²) >= 11 is 0. The molecule has 0 heterocycles. The van der Waals surface area contributed by atoms with Gasteiger partial charge in [0, 0.05) is 18.7 Å². The third kappa shape index (κ3) is 2.68. The highest BCUT2D eigenvalue weighted by molar-refractivity contribution is 5.60. The molecular weight excluding hydrogens is 270 g/mol. The van der Waals surface area contributed by atoms with Crippen molar-refractivity contribution in [3.8, 4) is 0 Å². The highest BCUT2D eigenvalue weighted by Gasteiger charge is 2.50. The summed E-state index contributed by atoms with van der Waals surface area (Å²) < 4.78 is 0. The van der Waals surface area contributed by atoms with Crippen LogP contribution in [0.5, 0.6) is 0 Å². The van der Waals surface area contributed by atoms with Gasteiger partial charge in [0.15, 0.2) is 0 Å². The molecule has 2 nitrogen and oxygen atoms in total. The Kier molecular flexibility index (Phi) is 4.77. The molecule has 0 aromatic heterocycles. The molecule has 2 heteroatoms. The van der Waals surface area contributed by atoms with E-state index in [0.29, 0.717) is 17.9 Å². The molecule has 3 aliphatic carbocycles. The van der Waals surface area contributed by atoms with Gasteiger partial charge in [0.05, 0.1) is 0 Å². The van der Waals surface area contributed by atoms with Gasteiger partial charge in [-0.3, -0.25) is 0 Å². The maximum Gasteiger partial charge on any atom is 0.0431 e. The van der Waals surface area contributed by atoms with Crippen LogP contribution in [0.25, 0.3) is 0 Å². The molecule has 2 fully saturated rings. The number of allylic oxidation sites excluding steroid dienone is 2. The molecule has 0 aromatic rings. The van der Waals surface area contributed by atoms with Crippen LogP contribution in [-0.2, 0) is 0 Å². The summed E-state index contributed by atoms with van der Waals surface area (Å²) in [7, 11) is 0. The van der Waals surface area contributed by atoms with Crippen LogP contribution in [0, 0.1) is 40.4 Å². The average molecular weight is 303 g/mol. The summed E-state index contributed by atoms with van der Waals surface area (Å²) in [6.07, 6.45) is 14.1. The summed E-state index contributed by atoms with van der Waals surface area (Å²) in [5.74, 6) is 3.77. The number of nitrogens with one attached hydrogen (secondary N) is 1. The molecule has 0 saturated heterocycles. The van der Waals surface area contributed by atoms with Crippen LogP contribution in [0.15, 0.2) is 11.6 Å². The standard InChI is InChI=1S/C20H33NO/c1-14-5-8-19-18(17(14)4-3-11-22)7-6-16-12-15(13-21)9-10-20(16,19)2/h12-15,17-19,21-22H,3-11H2,1-2H3/t14-,15+,17?,18?,19?,20+/m1/s1. The smallest absolute Gasteiger partial charge is 0.0431 e. The highest BCUT2D eigenvalue weighted by Crippen LogP contribution is 2.60. The van der Waals surface area contributed by atoms with E-state index in [2.05, 4.69) is 19.9 Å². The van der Waals surface area contributed by atoms with Gasteiger partial charge in [0.1, 0.15) is 0 Å². The first-order valence-electron chi connectivity index (χ1n) is 9.42. The van der Waals surface area contributed by atoms with E-state index in [-0.39, 0.29) is 0 Å². The number of fused-ring (bicyclic) bond motifs is 3. The van der Waals surface area contributed by atoms with E-state index in [1.165, 1.54) is 44.9 Å². The number of hydrogen-bond donors (Lipinski definition) is 2. The van der Waals surface area contributed by atoms with Gasteiger partial charge >= 0.3 is 0 Å². The van der Waals surface area contributed by atoms with Crippen molar-refractivity contribution in [2.45, 2.75) is 65.2 Å². The van der Waals surface area contributed by atoms with Crippen molar-refractivity contribution in [2.75, 3.05) is 6.61 Å². The Hall–Kier alpha value is -0.630. The molecule has 0 spiro atoms. The van der Waals surface area contributed by atoms with Gasteiger partial charge in [-0.25, -0.2) is 0 Å². The van der Waals surface area contributed by atoms with Gasteiger partial charge in [-0.2, -0.15) is 0 Å². The van der Waals surface area contributed by atoms with Gasteiger partial charge in [0.2, 0.25) is 0 Å². The predicted octanol–water partition coefficient (Wildman–Crippen LogP) is 4.82. The van der Waals surface area contributed by atoms with E-state index in [1.54, 1.807) is 11.8 Å². The molecule has 0 amide bonds. The van der Waals surface area contributed by atoms with Crippen LogP contribution in [0.1, 0.15) is 65.2 Å². The van der Waals surface area contributed by atoms with Gasteiger partial charge in [-0.05, 0) is 74.0 Å². The highest BCUT2D eigenvalue weighted by atomic mass is 16.2. The Morgan fingerprint density at radius 3 is 2.86 bits per heavy atom. The van der Waals surface area contributed by atoms with Crippen LogP contribution < -0.4 is 0 Å². The largest absolute Gasteiger partial charge is 0.396 e. The maximum atomic E-state index is 9.24. The predicted molar refractivity (Wildman–Crippen MR) is 92.1 cm³/mol. The van der Waals surface area contributed by atoms with Crippen LogP contribution in [-0.4, -0.2) is 17.9 Å². The minimum Gasteiger partial charge on any atom is -0.396 e. The summed E-state index contributed by atoms with van der Waals surface area (Å²) in [5.41, 5.74) is 2.07. The lowest BCUT2D eigenvalue weighted by Gasteiger charge is -2.56. The second-order valence-corrected chi connectivity index (χ2v) is 8.37.